The summed E-state index contributed by atoms with van der Waals surface area (Å²) in [4.78, 5) is 10.3. The first kappa shape index (κ1) is 45.1. The molecule has 11 heteroatoms. The van der Waals surface area contributed by atoms with Gasteiger partial charge in [0.25, 0.3) is 0 Å². The number of aliphatic carboxylic acids is 1. The van der Waals surface area contributed by atoms with Crippen LogP contribution in [0.2, 0.25) is 0 Å². The molecular formula is C35H70O11. The molecule has 0 aromatic heterocycles. The van der Waals surface area contributed by atoms with E-state index in [9.17, 15) is 4.79 Å². The van der Waals surface area contributed by atoms with Gasteiger partial charge in [-0.1, -0.05) is 90.4 Å². The van der Waals surface area contributed by atoms with Crippen LogP contribution in [0.25, 0.3) is 0 Å². The van der Waals surface area contributed by atoms with E-state index in [2.05, 4.69) is 6.92 Å². The molecule has 0 aliphatic rings. The zero-order valence-electron chi connectivity index (χ0n) is 29.4. The van der Waals surface area contributed by atoms with Crippen LogP contribution in [-0.2, 0) is 47.4 Å². The predicted octanol–water partition coefficient (Wildman–Crippen LogP) is 6.09. The highest BCUT2D eigenvalue weighted by molar-refractivity contribution is 5.66. The Morgan fingerprint density at radius 1 is 0.326 bits per heavy atom. The van der Waals surface area contributed by atoms with Gasteiger partial charge in [-0.05, 0) is 6.42 Å². The highest BCUT2D eigenvalue weighted by Crippen LogP contribution is 2.13. The molecule has 0 fully saturated rings. The van der Waals surface area contributed by atoms with E-state index >= 15 is 0 Å². The van der Waals surface area contributed by atoms with Gasteiger partial charge in [0.2, 0.25) is 0 Å². The van der Waals surface area contributed by atoms with E-state index < -0.39 is 5.97 Å². The third kappa shape index (κ3) is 43.1. The lowest BCUT2D eigenvalue weighted by atomic mass is 10.0. The Bertz CT molecular complexity index is 569. The molecule has 0 aromatic rings. The minimum Gasteiger partial charge on any atom is -0.481 e. The standard InChI is InChI=1S/C35H70O11/c1-2-3-4-5-6-7-8-9-10-11-12-13-14-15-17-38-19-21-40-23-25-42-27-29-44-31-33-46-34-32-45-30-28-43-26-24-41-22-20-39-18-16-35(36)37/h2-34H2,1H3,(H,36,37). The molecule has 11 nitrogen and oxygen atoms in total. The van der Waals surface area contributed by atoms with Gasteiger partial charge in [-0.15, -0.1) is 0 Å². The van der Waals surface area contributed by atoms with E-state index in [0.29, 0.717) is 106 Å². The van der Waals surface area contributed by atoms with E-state index in [1.165, 1.54) is 83.5 Å². The van der Waals surface area contributed by atoms with Crippen molar-refractivity contribution in [2.24, 2.45) is 0 Å². The van der Waals surface area contributed by atoms with Gasteiger partial charge >= 0.3 is 5.97 Å². The molecule has 0 amide bonds. The maximum absolute atomic E-state index is 10.3. The van der Waals surface area contributed by atoms with E-state index in [4.69, 9.17) is 47.7 Å². The minimum atomic E-state index is -0.867. The summed E-state index contributed by atoms with van der Waals surface area (Å²) < 4.78 is 49.0. The lowest BCUT2D eigenvalue weighted by Gasteiger charge is -2.09. The first-order valence-corrected chi connectivity index (χ1v) is 18.2. The molecule has 0 atom stereocenters. The van der Waals surface area contributed by atoms with Crippen LogP contribution in [0.3, 0.4) is 0 Å². The topological polar surface area (TPSA) is 120 Å². The van der Waals surface area contributed by atoms with Crippen molar-refractivity contribution in [3.8, 4) is 0 Å². The molecule has 0 rings (SSSR count). The fraction of sp³-hybridized carbons (Fsp3) is 0.971. The molecule has 0 aromatic carbocycles. The van der Waals surface area contributed by atoms with E-state index in [-0.39, 0.29) is 13.0 Å². The van der Waals surface area contributed by atoms with E-state index in [1.54, 1.807) is 0 Å². The summed E-state index contributed by atoms with van der Waals surface area (Å²) in [7, 11) is 0. The van der Waals surface area contributed by atoms with Gasteiger partial charge < -0.3 is 47.7 Å². The first-order chi connectivity index (χ1) is 22.8. The van der Waals surface area contributed by atoms with Crippen LogP contribution in [0, 0.1) is 0 Å². The summed E-state index contributed by atoms with van der Waals surface area (Å²) in [5.74, 6) is -0.867. The summed E-state index contributed by atoms with van der Waals surface area (Å²) >= 11 is 0. The van der Waals surface area contributed by atoms with Crippen molar-refractivity contribution in [3.05, 3.63) is 0 Å². The number of rotatable bonds is 42. The smallest absolute Gasteiger partial charge is 0.305 e. The van der Waals surface area contributed by atoms with E-state index in [0.717, 1.165) is 13.0 Å². The Morgan fingerprint density at radius 2 is 0.543 bits per heavy atom. The van der Waals surface area contributed by atoms with Crippen LogP contribution in [0.5, 0.6) is 0 Å². The van der Waals surface area contributed by atoms with E-state index in [1.807, 2.05) is 0 Å². The zero-order valence-corrected chi connectivity index (χ0v) is 29.4. The van der Waals surface area contributed by atoms with Crippen LogP contribution >= 0.6 is 0 Å². The average molecular weight is 667 g/mol. The summed E-state index contributed by atoms with van der Waals surface area (Å²) in [5.41, 5.74) is 0. The maximum Gasteiger partial charge on any atom is 0.305 e. The lowest BCUT2D eigenvalue weighted by molar-refractivity contribution is -0.138. The Morgan fingerprint density at radius 3 is 0.804 bits per heavy atom. The van der Waals surface area contributed by atoms with Crippen LogP contribution < -0.4 is 0 Å². The van der Waals surface area contributed by atoms with Gasteiger partial charge in [-0.3, -0.25) is 4.79 Å². The zero-order chi connectivity index (χ0) is 33.3. The third-order valence-electron chi connectivity index (χ3n) is 7.08. The highest BCUT2D eigenvalue weighted by Gasteiger charge is 1.98. The van der Waals surface area contributed by atoms with Gasteiger partial charge in [0, 0.05) is 6.61 Å². The number of carboxylic acids is 1. The van der Waals surface area contributed by atoms with Crippen LogP contribution in [0.1, 0.15) is 103 Å². The first-order valence-electron chi connectivity index (χ1n) is 18.2. The molecular weight excluding hydrogens is 596 g/mol. The van der Waals surface area contributed by atoms with Gasteiger partial charge in [-0.25, -0.2) is 0 Å². The number of hydrogen-bond acceptors (Lipinski definition) is 10. The Labute approximate surface area is 280 Å². The largest absolute Gasteiger partial charge is 0.481 e. The SMILES string of the molecule is CCCCCCCCCCCCCCCCOCCOCCOCCOCCOCCOCCOCCOCCOCCC(=O)O. The molecule has 0 aliphatic carbocycles. The Kier molecular flexibility index (Phi) is 41.3. The van der Waals surface area contributed by atoms with Crippen molar-refractivity contribution in [1.82, 2.24) is 0 Å². The minimum absolute atomic E-state index is 0.00478. The lowest BCUT2D eigenvalue weighted by Crippen LogP contribution is -2.15. The van der Waals surface area contributed by atoms with Crippen LogP contribution in [-0.4, -0.2) is 130 Å². The van der Waals surface area contributed by atoms with Crippen LogP contribution in [0.15, 0.2) is 0 Å². The van der Waals surface area contributed by atoms with Crippen molar-refractivity contribution in [2.45, 2.75) is 103 Å². The second-order valence-corrected chi connectivity index (χ2v) is 11.3. The molecule has 46 heavy (non-hydrogen) atoms. The summed E-state index contributed by atoms with van der Waals surface area (Å²) in [6.45, 7) is 11.5. The van der Waals surface area contributed by atoms with Gasteiger partial charge in [0.1, 0.15) is 0 Å². The van der Waals surface area contributed by atoms with Crippen molar-refractivity contribution in [2.75, 3.05) is 119 Å². The fourth-order valence-electron chi connectivity index (χ4n) is 4.42. The van der Waals surface area contributed by atoms with Crippen molar-refractivity contribution in [3.63, 3.8) is 0 Å². The number of carboxylic acid groups (broad SMARTS) is 1. The highest BCUT2D eigenvalue weighted by atomic mass is 16.6. The molecule has 0 aliphatic heterocycles. The summed E-state index contributed by atoms with van der Waals surface area (Å²) in [5, 5.41) is 8.49. The second-order valence-electron chi connectivity index (χ2n) is 11.3. The number of unbranched alkanes of at least 4 members (excludes halogenated alkanes) is 13. The molecule has 0 radical (unpaired) electrons. The number of carbonyl (C=O) groups is 1. The monoisotopic (exact) mass is 666 g/mol. The molecule has 1 N–H and O–H groups in total. The molecule has 276 valence electrons. The molecule has 0 saturated heterocycles. The van der Waals surface area contributed by atoms with Gasteiger partial charge in [-0.2, -0.15) is 0 Å². The average Bonchev–Trinajstić information content (AvgIpc) is 3.05. The van der Waals surface area contributed by atoms with Crippen molar-refractivity contribution in [1.29, 1.82) is 0 Å². The fourth-order valence-corrected chi connectivity index (χ4v) is 4.42. The summed E-state index contributed by atoms with van der Waals surface area (Å²) in [6.07, 6.45) is 19.2. The molecule has 0 bridgehead atoms. The predicted molar refractivity (Wildman–Crippen MR) is 180 cm³/mol. The van der Waals surface area contributed by atoms with Gasteiger partial charge in [0.05, 0.1) is 119 Å². The maximum atomic E-state index is 10.3. The molecule has 0 unspecified atom stereocenters. The number of hydrogen-bond donors (Lipinski definition) is 1. The Balaban J connectivity index is 3.04. The van der Waals surface area contributed by atoms with Crippen LogP contribution in [0.4, 0.5) is 0 Å². The normalized spacial score (nSPS) is 11.5. The van der Waals surface area contributed by atoms with Crippen molar-refractivity contribution >= 4 is 5.97 Å². The quantitative estimate of drug-likeness (QED) is 0.0762. The molecule has 0 saturated carbocycles. The number of ether oxygens (including phenoxy) is 9. The third-order valence-corrected chi connectivity index (χ3v) is 7.08. The van der Waals surface area contributed by atoms with Gasteiger partial charge in [0.15, 0.2) is 0 Å². The summed E-state index contributed by atoms with van der Waals surface area (Å²) in [6, 6.07) is 0. The van der Waals surface area contributed by atoms with Crippen molar-refractivity contribution < 1.29 is 52.5 Å². The Hall–Kier alpha value is -0.890. The molecule has 0 spiro atoms. The second kappa shape index (κ2) is 42.1. The molecule has 0 heterocycles.